The van der Waals surface area contributed by atoms with Gasteiger partial charge in [-0.15, -0.1) is 0 Å². The number of nitrogens with two attached hydrogens (primary N) is 1. The third-order valence-corrected chi connectivity index (χ3v) is 3.08. The molecule has 2 aromatic rings. The summed E-state index contributed by atoms with van der Waals surface area (Å²) >= 11 is 3.04. The molecule has 0 saturated carbocycles. The van der Waals surface area contributed by atoms with Gasteiger partial charge in [-0.05, 0) is 40.5 Å². The topological polar surface area (TPSA) is 50.9 Å². The monoisotopic (exact) mass is 331 g/mol. The van der Waals surface area contributed by atoms with Crippen molar-refractivity contribution >= 4 is 33.3 Å². The first-order chi connectivity index (χ1) is 8.88. The molecule has 0 aliphatic heterocycles. The van der Waals surface area contributed by atoms with Crippen molar-refractivity contribution in [3.63, 3.8) is 0 Å². The maximum absolute atomic E-state index is 13.5. The van der Waals surface area contributed by atoms with E-state index in [1.807, 2.05) is 0 Å². The second-order valence-electron chi connectivity index (χ2n) is 3.89. The Labute approximate surface area is 115 Å². The predicted octanol–water partition coefficient (Wildman–Crippen LogP) is 3.90. The molecular weight excluding hydrogens is 323 g/mol. The third-order valence-electron chi connectivity index (χ3n) is 2.48. The van der Waals surface area contributed by atoms with Crippen LogP contribution in [0.25, 0.3) is 0 Å². The van der Waals surface area contributed by atoms with E-state index in [4.69, 9.17) is 5.73 Å². The fourth-order valence-electron chi connectivity index (χ4n) is 1.48. The number of benzene rings is 1. The molecule has 0 aliphatic rings. The molecule has 0 spiro atoms. The van der Waals surface area contributed by atoms with E-state index in [0.29, 0.717) is 21.8 Å². The summed E-state index contributed by atoms with van der Waals surface area (Å²) in [5.74, 6) is -3.05. The maximum atomic E-state index is 13.5. The minimum Gasteiger partial charge on any atom is -0.381 e. The smallest absolute Gasteiger partial charge is 0.169 e. The highest BCUT2D eigenvalue weighted by Gasteiger charge is 2.12. The highest BCUT2D eigenvalue weighted by molar-refractivity contribution is 9.10. The number of hydrogen-bond donors (Lipinski definition) is 2. The van der Waals surface area contributed by atoms with Crippen LogP contribution in [-0.4, -0.2) is 4.98 Å². The van der Waals surface area contributed by atoms with Crippen molar-refractivity contribution in [3.05, 3.63) is 45.7 Å². The van der Waals surface area contributed by atoms with E-state index in [0.717, 1.165) is 0 Å². The molecule has 0 bridgehead atoms. The number of aromatic nitrogens is 1. The zero-order valence-electron chi connectivity index (χ0n) is 9.77. The lowest BCUT2D eigenvalue weighted by atomic mass is 10.2. The summed E-state index contributed by atoms with van der Waals surface area (Å²) in [5.41, 5.74) is 6.24. The number of anilines is 3. The van der Waals surface area contributed by atoms with Crippen LogP contribution in [0.5, 0.6) is 0 Å². The van der Waals surface area contributed by atoms with Crippen molar-refractivity contribution < 1.29 is 13.2 Å². The average Bonchev–Trinajstić information content (AvgIpc) is 2.32. The molecule has 0 aliphatic carbocycles. The largest absolute Gasteiger partial charge is 0.381 e. The van der Waals surface area contributed by atoms with Gasteiger partial charge in [-0.3, -0.25) is 0 Å². The summed E-state index contributed by atoms with van der Waals surface area (Å²) in [6, 6.07) is 3.33. The molecule has 1 aromatic heterocycles. The first-order valence-corrected chi connectivity index (χ1v) is 6.02. The molecular formula is C12H9BrF3N3. The SMILES string of the molecule is Cc1cc(Br)c(F)cc1Nc1nc(N)c(F)cc1F. The lowest BCUT2D eigenvalue weighted by molar-refractivity contribution is 0.580. The van der Waals surface area contributed by atoms with Gasteiger partial charge in [-0.25, -0.2) is 18.2 Å². The van der Waals surface area contributed by atoms with Gasteiger partial charge in [0.05, 0.1) is 4.47 Å². The fourth-order valence-corrected chi connectivity index (χ4v) is 1.93. The molecule has 1 heterocycles. The summed E-state index contributed by atoms with van der Waals surface area (Å²) in [4.78, 5) is 3.54. The lowest BCUT2D eigenvalue weighted by Crippen LogP contribution is -2.04. The molecule has 3 N–H and O–H groups in total. The maximum Gasteiger partial charge on any atom is 0.169 e. The van der Waals surface area contributed by atoms with Crippen LogP contribution in [0.4, 0.5) is 30.5 Å². The van der Waals surface area contributed by atoms with Gasteiger partial charge in [0.2, 0.25) is 0 Å². The van der Waals surface area contributed by atoms with Gasteiger partial charge in [-0.1, -0.05) is 0 Å². The molecule has 1 aromatic carbocycles. The minimum atomic E-state index is -0.943. The Balaban J connectivity index is 2.42. The van der Waals surface area contributed by atoms with Crippen LogP contribution in [0, 0.1) is 24.4 Å². The van der Waals surface area contributed by atoms with Crippen LogP contribution in [0.3, 0.4) is 0 Å². The number of nitrogen functional groups attached to an aromatic ring is 1. The van der Waals surface area contributed by atoms with E-state index in [2.05, 4.69) is 26.2 Å². The van der Waals surface area contributed by atoms with E-state index in [1.54, 1.807) is 6.92 Å². The van der Waals surface area contributed by atoms with E-state index < -0.39 is 23.3 Å². The zero-order valence-corrected chi connectivity index (χ0v) is 11.4. The zero-order chi connectivity index (χ0) is 14.2. The number of nitrogens with one attached hydrogen (secondary N) is 1. The van der Waals surface area contributed by atoms with Gasteiger partial charge in [0.25, 0.3) is 0 Å². The highest BCUT2D eigenvalue weighted by Crippen LogP contribution is 2.27. The molecule has 0 saturated heterocycles. The number of aryl methyl sites for hydroxylation is 1. The van der Waals surface area contributed by atoms with Crippen LogP contribution >= 0.6 is 15.9 Å². The molecule has 19 heavy (non-hydrogen) atoms. The number of hydrogen-bond acceptors (Lipinski definition) is 3. The summed E-state index contributed by atoms with van der Waals surface area (Å²) < 4.78 is 40.2. The van der Waals surface area contributed by atoms with E-state index in [1.165, 1.54) is 12.1 Å². The predicted molar refractivity (Wildman–Crippen MR) is 70.7 cm³/mol. The molecule has 0 atom stereocenters. The normalized spacial score (nSPS) is 10.6. The van der Waals surface area contributed by atoms with Gasteiger partial charge >= 0.3 is 0 Å². The summed E-state index contributed by atoms with van der Waals surface area (Å²) in [7, 11) is 0. The molecule has 0 amide bonds. The van der Waals surface area contributed by atoms with Crippen molar-refractivity contribution in [2.24, 2.45) is 0 Å². The van der Waals surface area contributed by atoms with Crippen molar-refractivity contribution in [3.8, 4) is 0 Å². The molecule has 100 valence electrons. The quantitative estimate of drug-likeness (QED) is 0.877. The van der Waals surface area contributed by atoms with Crippen LogP contribution < -0.4 is 11.1 Å². The van der Waals surface area contributed by atoms with E-state index >= 15 is 0 Å². The lowest BCUT2D eigenvalue weighted by Gasteiger charge is -2.11. The Kier molecular flexibility index (Phi) is 3.66. The first-order valence-electron chi connectivity index (χ1n) is 5.22. The average molecular weight is 332 g/mol. The minimum absolute atomic E-state index is 0.260. The molecule has 0 fully saturated rings. The van der Waals surface area contributed by atoms with Gasteiger partial charge in [-0.2, -0.15) is 0 Å². The first kappa shape index (κ1) is 13.7. The summed E-state index contributed by atoms with van der Waals surface area (Å²) in [5, 5.41) is 2.58. The number of rotatable bonds is 2. The standard InChI is InChI=1S/C12H9BrF3N3/c1-5-2-6(13)7(14)4-10(5)18-12-9(16)3-8(15)11(17)19-12/h2-4H,1H3,(H3,17,18,19). The van der Waals surface area contributed by atoms with Crippen LogP contribution in [-0.2, 0) is 0 Å². The number of pyridine rings is 1. The summed E-state index contributed by atoms with van der Waals surface area (Å²) in [6.07, 6.45) is 0. The summed E-state index contributed by atoms with van der Waals surface area (Å²) in [6.45, 7) is 1.71. The Morgan fingerprint density at radius 1 is 1.11 bits per heavy atom. The molecule has 0 radical (unpaired) electrons. The number of halogens is 4. The Morgan fingerprint density at radius 2 is 1.79 bits per heavy atom. The Bertz CT molecular complexity index is 591. The molecule has 3 nitrogen and oxygen atoms in total. The van der Waals surface area contributed by atoms with Gasteiger partial charge < -0.3 is 11.1 Å². The Hall–Kier alpha value is -1.76. The van der Waals surface area contributed by atoms with Crippen LogP contribution in [0.2, 0.25) is 0 Å². The fraction of sp³-hybridized carbons (Fsp3) is 0.0833. The second kappa shape index (κ2) is 5.08. The van der Waals surface area contributed by atoms with Gasteiger partial charge in [0.15, 0.2) is 23.3 Å². The van der Waals surface area contributed by atoms with Gasteiger partial charge in [0, 0.05) is 11.8 Å². The number of nitrogens with zero attached hydrogens (tertiary/aromatic N) is 1. The molecule has 7 heteroatoms. The van der Waals surface area contributed by atoms with Gasteiger partial charge in [0.1, 0.15) is 5.82 Å². The third kappa shape index (κ3) is 2.81. The van der Waals surface area contributed by atoms with Crippen molar-refractivity contribution in [1.82, 2.24) is 4.98 Å². The van der Waals surface area contributed by atoms with Crippen molar-refractivity contribution in [2.45, 2.75) is 6.92 Å². The Morgan fingerprint density at radius 3 is 2.47 bits per heavy atom. The van der Waals surface area contributed by atoms with Crippen LogP contribution in [0.1, 0.15) is 5.56 Å². The van der Waals surface area contributed by atoms with Crippen molar-refractivity contribution in [2.75, 3.05) is 11.1 Å². The van der Waals surface area contributed by atoms with E-state index in [9.17, 15) is 13.2 Å². The molecule has 0 unspecified atom stereocenters. The highest BCUT2D eigenvalue weighted by atomic mass is 79.9. The second-order valence-corrected chi connectivity index (χ2v) is 4.75. The van der Waals surface area contributed by atoms with Crippen molar-refractivity contribution in [1.29, 1.82) is 0 Å². The molecule has 2 rings (SSSR count). The van der Waals surface area contributed by atoms with E-state index in [-0.39, 0.29) is 5.82 Å². The van der Waals surface area contributed by atoms with Crippen LogP contribution in [0.15, 0.2) is 22.7 Å².